The fourth-order valence-electron chi connectivity index (χ4n) is 6.05. The highest BCUT2D eigenvalue weighted by Crippen LogP contribution is 2.31. The maximum atomic E-state index is 14.2. The lowest BCUT2D eigenvalue weighted by molar-refractivity contribution is -0.102. The number of ether oxygens (including phenoxy) is 1. The lowest BCUT2D eigenvalue weighted by Crippen LogP contribution is -2.35. The molecule has 6 rings (SSSR count). The molecule has 4 aromatic rings. The summed E-state index contributed by atoms with van der Waals surface area (Å²) in [5.74, 6) is 1.05. The fraction of sp³-hybridized carbons (Fsp3) is 0.387. The van der Waals surface area contributed by atoms with E-state index in [0.29, 0.717) is 24.5 Å². The monoisotopic (exact) mass is 567 g/mol. The summed E-state index contributed by atoms with van der Waals surface area (Å²) >= 11 is 0. The summed E-state index contributed by atoms with van der Waals surface area (Å²) in [5, 5.41) is 23.1. The van der Waals surface area contributed by atoms with Gasteiger partial charge in [0.15, 0.2) is 5.84 Å². The molecule has 2 aromatic heterocycles. The summed E-state index contributed by atoms with van der Waals surface area (Å²) in [6, 6.07) is 18.0. The summed E-state index contributed by atoms with van der Waals surface area (Å²) in [5.41, 5.74) is 8.07. The van der Waals surface area contributed by atoms with Crippen molar-refractivity contribution < 1.29 is 14.7 Å². The smallest absolute Gasteiger partial charge is 0.280 e. The molecule has 2 aromatic carbocycles. The van der Waals surface area contributed by atoms with Crippen LogP contribution in [0.25, 0.3) is 16.9 Å². The van der Waals surface area contributed by atoms with Gasteiger partial charge >= 0.3 is 0 Å². The third-order valence-electron chi connectivity index (χ3n) is 8.03. The zero-order valence-corrected chi connectivity index (χ0v) is 23.4. The van der Waals surface area contributed by atoms with Crippen LogP contribution in [0.1, 0.15) is 67.5 Å². The minimum atomic E-state index is -1.23. The van der Waals surface area contributed by atoms with E-state index in [0.717, 1.165) is 65.6 Å². The van der Waals surface area contributed by atoms with Gasteiger partial charge in [0.1, 0.15) is 12.9 Å². The zero-order chi connectivity index (χ0) is 29.1. The molecule has 0 spiro atoms. The van der Waals surface area contributed by atoms with Gasteiger partial charge in [0.05, 0.1) is 17.9 Å². The normalized spacial score (nSPS) is 20.3. The average molecular weight is 568 g/mol. The van der Waals surface area contributed by atoms with Crippen LogP contribution in [0.5, 0.6) is 0 Å². The Bertz CT molecular complexity index is 1700. The molecule has 1 unspecified atom stereocenters. The maximum Gasteiger partial charge on any atom is 0.280 e. The lowest BCUT2D eigenvalue weighted by atomic mass is 9.92. The molecule has 0 amide bonds. The quantitative estimate of drug-likeness (QED) is 0.312. The van der Waals surface area contributed by atoms with Crippen LogP contribution in [0.2, 0.25) is 0 Å². The van der Waals surface area contributed by atoms with Gasteiger partial charge in [-0.3, -0.25) is 9.36 Å². The Kier molecular flexibility index (Phi) is 8.10. The molecule has 3 heterocycles. The minimum absolute atomic E-state index is 0.00551. The van der Waals surface area contributed by atoms with Crippen LogP contribution in [-0.4, -0.2) is 49.2 Å². The molecule has 42 heavy (non-hydrogen) atoms. The number of nitrogens with one attached hydrogen (secondary N) is 1. The number of rotatable bonds is 9. The highest BCUT2D eigenvalue weighted by atomic mass is 16.7. The minimum Gasteiger partial charge on any atom is -0.363 e. The van der Waals surface area contributed by atoms with Gasteiger partial charge in [0, 0.05) is 23.6 Å². The van der Waals surface area contributed by atoms with E-state index in [1.807, 2.05) is 63.7 Å². The van der Waals surface area contributed by atoms with E-state index < -0.39 is 6.41 Å². The molecule has 1 fully saturated rings. The van der Waals surface area contributed by atoms with E-state index >= 15 is 0 Å². The van der Waals surface area contributed by atoms with Crippen LogP contribution < -0.4 is 11.0 Å². The van der Waals surface area contributed by atoms with Crippen LogP contribution >= 0.6 is 0 Å². The number of aliphatic imine (C=N–C) groups is 1. The second-order valence-electron chi connectivity index (χ2n) is 10.7. The molecule has 11 nitrogen and oxygen atoms in total. The predicted octanol–water partition coefficient (Wildman–Crippen LogP) is 3.68. The first kappa shape index (κ1) is 27.8. The Hall–Kier alpha value is -4.37. The van der Waals surface area contributed by atoms with Crippen molar-refractivity contribution in [2.45, 2.75) is 70.4 Å². The molecule has 1 atom stereocenters. The number of aryl methyl sites for hydroxylation is 1. The summed E-state index contributed by atoms with van der Waals surface area (Å²) in [7, 11) is 0. The van der Waals surface area contributed by atoms with Gasteiger partial charge in [-0.2, -0.15) is 15.3 Å². The molecular formula is C31H33N7O4. The molecule has 1 aliphatic heterocycles. The van der Waals surface area contributed by atoms with Crippen LogP contribution in [0.4, 0.5) is 0 Å². The number of hydroxylamine groups is 1. The van der Waals surface area contributed by atoms with Gasteiger partial charge in [0.25, 0.3) is 12.0 Å². The number of benzene rings is 2. The molecule has 2 aliphatic rings. The Morgan fingerprint density at radius 1 is 1.12 bits per heavy atom. The van der Waals surface area contributed by atoms with E-state index in [4.69, 9.17) is 14.8 Å². The summed E-state index contributed by atoms with van der Waals surface area (Å²) in [4.78, 5) is 27.8. The first-order valence-electron chi connectivity index (χ1n) is 14.4. The molecule has 0 radical (unpaired) electrons. The second-order valence-corrected chi connectivity index (χ2v) is 10.7. The highest BCUT2D eigenvalue weighted by Gasteiger charge is 2.28. The van der Waals surface area contributed by atoms with Crippen molar-refractivity contribution >= 4 is 11.6 Å². The number of aromatic nitrogens is 4. The number of fused-ring (bicyclic) bond motifs is 1. The van der Waals surface area contributed by atoms with Crippen molar-refractivity contribution in [3.05, 3.63) is 87.6 Å². The standard InChI is InChI=1S/C31H33N7O4/c1-2-5-27-26(29(39)37(30-33-19-34-38(27)30)22-12-14-23(15-13-22)41-17-16-32)18-20-8-10-21(11-9-20)24-6-3-4-7-25(24)28-35-31(40)42-36-28/h3-4,6-11,19,22-23,31,40H,2,5,12-15,17-18H2,1H3,(H,35,36). The number of hydrogen-bond acceptors (Lipinski definition) is 9. The first-order valence-corrected chi connectivity index (χ1v) is 14.4. The Labute approximate surface area is 243 Å². The highest BCUT2D eigenvalue weighted by molar-refractivity contribution is 6.04. The van der Waals surface area contributed by atoms with E-state index in [1.54, 1.807) is 0 Å². The SMILES string of the molecule is CCCc1c(Cc2ccc(-c3ccccc3C3=NC(O)ON3)cc2)c(=O)n(C2CCC(OCC#N)CC2)c2ncnn12. The van der Waals surface area contributed by atoms with Crippen molar-refractivity contribution in [2.24, 2.45) is 4.99 Å². The molecule has 1 aliphatic carbocycles. The first-order chi connectivity index (χ1) is 20.6. The maximum absolute atomic E-state index is 14.2. The van der Waals surface area contributed by atoms with E-state index in [9.17, 15) is 9.90 Å². The van der Waals surface area contributed by atoms with Crippen LogP contribution in [0, 0.1) is 11.3 Å². The molecule has 1 saturated carbocycles. The number of hydrogen-bond donors (Lipinski definition) is 2. The van der Waals surface area contributed by atoms with E-state index in [2.05, 4.69) is 27.5 Å². The predicted molar refractivity (Wildman–Crippen MR) is 156 cm³/mol. The van der Waals surface area contributed by atoms with Gasteiger partial charge in [-0.1, -0.05) is 61.9 Å². The van der Waals surface area contributed by atoms with Crippen LogP contribution in [-0.2, 0) is 22.4 Å². The van der Waals surface area contributed by atoms with Gasteiger partial charge in [-0.15, -0.1) is 0 Å². The van der Waals surface area contributed by atoms with Crippen molar-refractivity contribution in [1.82, 2.24) is 24.6 Å². The molecule has 0 saturated heterocycles. The molecule has 11 heteroatoms. The summed E-state index contributed by atoms with van der Waals surface area (Å²) in [6.07, 6.45) is 5.54. The Balaban J connectivity index is 1.32. The number of nitrogens with zero attached hydrogens (tertiary/aromatic N) is 6. The van der Waals surface area contributed by atoms with E-state index in [1.165, 1.54) is 6.33 Å². The van der Waals surface area contributed by atoms with Gasteiger partial charge in [-0.05, 0) is 48.8 Å². The van der Waals surface area contributed by atoms with Crippen molar-refractivity contribution in [3.8, 4) is 17.2 Å². The fourth-order valence-corrected chi connectivity index (χ4v) is 6.05. The van der Waals surface area contributed by atoms with Crippen molar-refractivity contribution in [2.75, 3.05) is 6.61 Å². The summed E-state index contributed by atoms with van der Waals surface area (Å²) in [6.45, 7) is 2.19. The Morgan fingerprint density at radius 2 is 1.88 bits per heavy atom. The molecule has 2 N–H and O–H groups in total. The second kappa shape index (κ2) is 12.2. The zero-order valence-electron chi connectivity index (χ0n) is 23.4. The van der Waals surface area contributed by atoms with Crippen molar-refractivity contribution in [1.29, 1.82) is 5.26 Å². The van der Waals surface area contributed by atoms with Crippen molar-refractivity contribution in [3.63, 3.8) is 0 Å². The lowest BCUT2D eigenvalue weighted by Gasteiger charge is -2.30. The molecule has 216 valence electrons. The molecular weight excluding hydrogens is 534 g/mol. The van der Waals surface area contributed by atoms with Gasteiger partial charge in [0.2, 0.25) is 5.78 Å². The third kappa shape index (κ3) is 5.44. The number of aliphatic hydroxyl groups excluding tert-OH is 1. The Morgan fingerprint density at radius 3 is 2.57 bits per heavy atom. The van der Waals surface area contributed by atoms with E-state index in [-0.39, 0.29) is 24.3 Å². The number of aliphatic hydroxyl groups is 1. The number of amidine groups is 1. The van der Waals surface area contributed by atoms with Crippen LogP contribution in [0.15, 0.2) is 64.6 Å². The largest absolute Gasteiger partial charge is 0.363 e. The van der Waals surface area contributed by atoms with Gasteiger partial charge < -0.3 is 9.84 Å². The van der Waals surface area contributed by atoms with Crippen LogP contribution in [0.3, 0.4) is 0 Å². The third-order valence-corrected chi connectivity index (χ3v) is 8.03. The molecule has 0 bridgehead atoms. The topological polar surface area (TPSA) is 139 Å². The van der Waals surface area contributed by atoms with Gasteiger partial charge in [-0.25, -0.2) is 19.8 Å². The number of nitriles is 1. The average Bonchev–Trinajstić information content (AvgIpc) is 3.68. The summed E-state index contributed by atoms with van der Waals surface area (Å²) < 4.78 is 9.32.